The van der Waals surface area contributed by atoms with Crippen LogP contribution in [0.1, 0.15) is 25.0 Å². The van der Waals surface area contributed by atoms with E-state index in [0.717, 1.165) is 11.3 Å². The molecule has 0 radical (unpaired) electrons. The molecule has 0 fully saturated rings. The fraction of sp³-hybridized carbons (Fsp3) is 0.278. The Kier molecular flexibility index (Phi) is 3.19. The zero-order valence-corrected chi connectivity index (χ0v) is 12.2. The zero-order chi connectivity index (χ0) is 14.2. The molecule has 1 aliphatic rings. The number of ether oxygens (including phenoxy) is 1. The number of nitrogens with zero attached hydrogens (tertiary/aromatic N) is 1. The molecule has 0 aromatic heterocycles. The zero-order valence-electron chi connectivity index (χ0n) is 12.2. The van der Waals surface area contributed by atoms with Gasteiger partial charge in [0, 0.05) is 11.3 Å². The Hall–Kier alpha value is -1.93. The number of aliphatic imine (C=N–C) groups is 1. The maximum atomic E-state index is 5.92. The van der Waals surface area contributed by atoms with Gasteiger partial charge in [0.05, 0.1) is 6.61 Å². The standard InChI is InChI=1S/C18H19NO/c1-13-8-10-15(11-9-13)16-6-4-5-7-17(16)18(3)19-14(2)12-20-18/h4-11H,12H2,1-3H3. The van der Waals surface area contributed by atoms with Crippen molar-refractivity contribution in [1.82, 2.24) is 0 Å². The summed E-state index contributed by atoms with van der Waals surface area (Å²) in [4.78, 5) is 4.69. The summed E-state index contributed by atoms with van der Waals surface area (Å²) in [5.41, 5.74) is 5.27. The summed E-state index contributed by atoms with van der Waals surface area (Å²) in [5, 5.41) is 0. The molecule has 1 unspecified atom stereocenters. The first-order chi connectivity index (χ1) is 9.58. The number of benzene rings is 2. The predicted octanol–water partition coefficient (Wildman–Crippen LogP) is 4.33. The quantitative estimate of drug-likeness (QED) is 0.792. The summed E-state index contributed by atoms with van der Waals surface area (Å²) in [6.45, 7) is 6.76. The number of aryl methyl sites for hydroxylation is 1. The van der Waals surface area contributed by atoms with Crippen LogP contribution in [0.2, 0.25) is 0 Å². The van der Waals surface area contributed by atoms with Crippen LogP contribution in [0.4, 0.5) is 0 Å². The van der Waals surface area contributed by atoms with Gasteiger partial charge in [-0.3, -0.25) is 4.99 Å². The SMILES string of the molecule is CC1=NC(C)(c2ccccc2-c2ccc(C)cc2)OC1. The lowest BCUT2D eigenvalue weighted by Gasteiger charge is -2.24. The summed E-state index contributed by atoms with van der Waals surface area (Å²) in [6, 6.07) is 16.9. The molecule has 2 aromatic rings. The molecule has 2 nitrogen and oxygen atoms in total. The van der Waals surface area contributed by atoms with E-state index in [4.69, 9.17) is 4.74 Å². The molecule has 1 aliphatic heterocycles. The molecule has 0 spiro atoms. The predicted molar refractivity (Wildman–Crippen MR) is 83.0 cm³/mol. The summed E-state index contributed by atoms with van der Waals surface area (Å²) < 4.78 is 5.92. The monoisotopic (exact) mass is 265 g/mol. The fourth-order valence-corrected chi connectivity index (χ4v) is 2.68. The fourth-order valence-electron chi connectivity index (χ4n) is 2.68. The third-order valence-corrected chi connectivity index (χ3v) is 3.76. The Morgan fingerprint density at radius 2 is 1.70 bits per heavy atom. The third-order valence-electron chi connectivity index (χ3n) is 3.76. The van der Waals surface area contributed by atoms with Crippen molar-refractivity contribution in [1.29, 1.82) is 0 Å². The smallest absolute Gasteiger partial charge is 0.183 e. The van der Waals surface area contributed by atoms with Crippen LogP contribution in [0.15, 0.2) is 53.5 Å². The lowest BCUT2D eigenvalue weighted by Crippen LogP contribution is -2.20. The molecular formula is C18H19NO. The molecule has 1 heterocycles. The van der Waals surface area contributed by atoms with Crippen molar-refractivity contribution in [3.8, 4) is 11.1 Å². The summed E-state index contributed by atoms with van der Waals surface area (Å²) in [6.07, 6.45) is 0. The molecule has 0 saturated heterocycles. The molecule has 0 aliphatic carbocycles. The van der Waals surface area contributed by atoms with E-state index in [1.807, 2.05) is 19.9 Å². The summed E-state index contributed by atoms with van der Waals surface area (Å²) in [5.74, 6) is 0. The van der Waals surface area contributed by atoms with Gasteiger partial charge in [-0.05, 0) is 31.9 Å². The molecule has 1 atom stereocenters. The van der Waals surface area contributed by atoms with Crippen molar-refractivity contribution in [3.63, 3.8) is 0 Å². The second kappa shape index (κ2) is 4.88. The van der Waals surface area contributed by atoms with E-state index in [1.54, 1.807) is 0 Å². The summed E-state index contributed by atoms with van der Waals surface area (Å²) >= 11 is 0. The maximum absolute atomic E-state index is 5.92. The lowest BCUT2D eigenvalue weighted by atomic mass is 9.93. The minimum atomic E-state index is -0.564. The molecule has 0 bridgehead atoms. The van der Waals surface area contributed by atoms with Crippen LogP contribution in [0.25, 0.3) is 11.1 Å². The highest BCUT2D eigenvalue weighted by atomic mass is 16.5. The van der Waals surface area contributed by atoms with E-state index >= 15 is 0 Å². The van der Waals surface area contributed by atoms with Crippen LogP contribution < -0.4 is 0 Å². The normalized spacial score (nSPS) is 21.9. The van der Waals surface area contributed by atoms with Crippen LogP contribution in [0, 0.1) is 6.92 Å². The van der Waals surface area contributed by atoms with Crippen molar-refractivity contribution < 1.29 is 4.74 Å². The lowest BCUT2D eigenvalue weighted by molar-refractivity contribution is 0.0129. The van der Waals surface area contributed by atoms with E-state index in [2.05, 4.69) is 54.4 Å². The maximum Gasteiger partial charge on any atom is 0.183 e. The molecule has 0 N–H and O–H groups in total. The highest BCUT2D eigenvalue weighted by molar-refractivity contribution is 5.85. The summed E-state index contributed by atoms with van der Waals surface area (Å²) in [7, 11) is 0. The highest BCUT2D eigenvalue weighted by Gasteiger charge is 2.33. The van der Waals surface area contributed by atoms with Gasteiger partial charge in [-0.1, -0.05) is 54.1 Å². The Morgan fingerprint density at radius 1 is 1.00 bits per heavy atom. The molecule has 20 heavy (non-hydrogen) atoms. The second-order valence-corrected chi connectivity index (χ2v) is 5.53. The molecule has 0 saturated carbocycles. The van der Waals surface area contributed by atoms with Gasteiger partial charge in [0.1, 0.15) is 0 Å². The first-order valence-electron chi connectivity index (χ1n) is 6.94. The van der Waals surface area contributed by atoms with Gasteiger partial charge < -0.3 is 4.74 Å². The van der Waals surface area contributed by atoms with Crippen LogP contribution in [-0.2, 0) is 10.5 Å². The number of hydrogen-bond acceptors (Lipinski definition) is 2. The van der Waals surface area contributed by atoms with Gasteiger partial charge in [-0.15, -0.1) is 0 Å². The van der Waals surface area contributed by atoms with Crippen LogP contribution in [0.5, 0.6) is 0 Å². The van der Waals surface area contributed by atoms with Gasteiger partial charge >= 0.3 is 0 Å². The van der Waals surface area contributed by atoms with Gasteiger partial charge in [0.2, 0.25) is 0 Å². The minimum Gasteiger partial charge on any atom is -0.344 e. The van der Waals surface area contributed by atoms with Crippen LogP contribution >= 0.6 is 0 Å². The topological polar surface area (TPSA) is 21.6 Å². The molecular weight excluding hydrogens is 246 g/mol. The van der Waals surface area contributed by atoms with Crippen molar-refractivity contribution in [2.45, 2.75) is 26.5 Å². The van der Waals surface area contributed by atoms with Gasteiger partial charge in [-0.2, -0.15) is 0 Å². The first-order valence-corrected chi connectivity index (χ1v) is 6.94. The first kappa shape index (κ1) is 13.1. The van der Waals surface area contributed by atoms with Crippen LogP contribution in [0.3, 0.4) is 0 Å². The second-order valence-electron chi connectivity index (χ2n) is 5.53. The van der Waals surface area contributed by atoms with Crippen molar-refractivity contribution >= 4 is 5.71 Å². The van der Waals surface area contributed by atoms with Crippen molar-refractivity contribution in [2.75, 3.05) is 6.61 Å². The molecule has 2 heteroatoms. The Morgan fingerprint density at radius 3 is 2.35 bits per heavy atom. The average Bonchev–Trinajstić information content (AvgIpc) is 2.81. The van der Waals surface area contributed by atoms with Gasteiger partial charge in [0.15, 0.2) is 5.72 Å². The van der Waals surface area contributed by atoms with E-state index in [9.17, 15) is 0 Å². The average molecular weight is 265 g/mol. The molecule has 0 amide bonds. The van der Waals surface area contributed by atoms with Gasteiger partial charge in [-0.25, -0.2) is 0 Å². The third kappa shape index (κ3) is 2.27. The van der Waals surface area contributed by atoms with Gasteiger partial charge in [0.25, 0.3) is 0 Å². The molecule has 3 rings (SSSR count). The molecule has 2 aromatic carbocycles. The van der Waals surface area contributed by atoms with E-state index in [0.29, 0.717) is 6.61 Å². The van der Waals surface area contributed by atoms with E-state index in [1.165, 1.54) is 16.7 Å². The Labute approximate surface area is 120 Å². The number of rotatable bonds is 2. The van der Waals surface area contributed by atoms with E-state index in [-0.39, 0.29) is 0 Å². The number of hydrogen-bond donors (Lipinski definition) is 0. The largest absolute Gasteiger partial charge is 0.344 e. The highest BCUT2D eigenvalue weighted by Crippen LogP contribution is 2.37. The Bertz CT molecular complexity index is 657. The van der Waals surface area contributed by atoms with Crippen LogP contribution in [-0.4, -0.2) is 12.3 Å². The Balaban J connectivity index is 2.12. The van der Waals surface area contributed by atoms with Crippen molar-refractivity contribution in [3.05, 3.63) is 59.7 Å². The minimum absolute atomic E-state index is 0.564. The van der Waals surface area contributed by atoms with Crippen molar-refractivity contribution in [2.24, 2.45) is 4.99 Å². The van der Waals surface area contributed by atoms with E-state index < -0.39 is 5.72 Å². The molecule has 102 valence electrons.